The molecule has 0 aromatic heterocycles. The average Bonchev–Trinajstić information content (AvgIpc) is 2.67. The van der Waals surface area contributed by atoms with Crippen LogP contribution in [0, 0.1) is 19.7 Å². The zero-order valence-corrected chi connectivity index (χ0v) is 16.3. The van der Waals surface area contributed by atoms with Gasteiger partial charge in [-0.2, -0.15) is 0 Å². The number of nitrogens with zero attached hydrogens (tertiary/aromatic N) is 1. The van der Waals surface area contributed by atoms with Crippen LogP contribution in [0.1, 0.15) is 46.3 Å². The Morgan fingerprint density at radius 3 is 2.46 bits per heavy atom. The van der Waals surface area contributed by atoms with Gasteiger partial charge in [0.1, 0.15) is 17.2 Å². The lowest BCUT2D eigenvalue weighted by Crippen LogP contribution is -2.52. The minimum atomic E-state index is -0.519. The quantitative estimate of drug-likeness (QED) is 0.790. The number of carbonyl (C=O) groups is 2. The van der Waals surface area contributed by atoms with E-state index >= 15 is 0 Å². The van der Waals surface area contributed by atoms with Gasteiger partial charge in [0.05, 0.1) is 18.4 Å². The number of benzene rings is 2. The second-order valence-electron chi connectivity index (χ2n) is 7.95. The summed E-state index contributed by atoms with van der Waals surface area (Å²) in [5.41, 5.74) is 3.07. The third-order valence-corrected chi connectivity index (χ3v) is 6.07. The number of fused-ring (bicyclic) bond motifs is 1. The van der Waals surface area contributed by atoms with E-state index in [9.17, 15) is 14.0 Å². The first-order valence-electron chi connectivity index (χ1n) is 9.71. The van der Waals surface area contributed by atoms with Crippen LogP contribution in [-0.4, -0.2) is 35.3 Å². The topological polar surface area (TPSA) is 46.6 Å². The first-order chi connectivity index (χ1) is 13.4. The van der Waals surface area contributed by atoms with E-state index in [1.807, 2.05) is 30.9 Å². The fourth-order valence-corrected chi connectivity index (χ4v) is 4.11. The van der Waals surface area contributed by atoms with Gasteiger partial charge in [0.25, 0.3) is 0 Å². The van der Waals surface area contributed by atoms with E-state index in [1.54, 1.807) is 12.1 Å². The van der Waals surface area contributed by atoms with E-state index in [1.165, 1.54) is 12.1 Å². The Bertz CT molecular complexity index is 928. The summed E-state index contributed by atoms with van der Waals surface area (Å²) in [4.78, 5) is 27.1. The molecule has 1 fully saturated rings. The van der Waals surface area contributed by atoms with Gasteiger partial charge in [-0.25, -0.2) is 4.39 Å². The number of rotatable bonds is 2. The Labute approximate surface area is 164 Å². The molecule has 2 aliphatic heterocycles. The number of halogens is 1. The molecule has 0 saturated carbocycles. The van der Waals surface area contributed by atoms with E-state index in [2.05, 4.69) is 0 Å². The van der Waals surface area contributed by atoms with Gasteiger partial charge in [-0.05, 0) is 48.7 Å². The molecular formula is C23H24FNO3. The predicted molar refractivity (Wildman–Crippen MR) is 104 cm³/mol. The molecule has 4 rings (SSSR count). The van der Waals surface area contributed by atoms with Gasteiger partial charge >= 0.3 is 0 Å². The van der Waals surface area contributed by atoms with Crippen molar-refractivity contribution in [1.29, 1.82) is 0 Å². The molecule has 4 nitrogen and oxygen atoms in total. The Hall–Kier alpha value is -2.69. The summed E-state index contributed by atoms with van der Waals surface area (Å²) in [6, 6.07) is 9.85. The van der Waals surface area contributed by atoms with Crippen molar-refractivity contribution >= 4 is 11.7 Å². The molecule has 0 unspecified atom stereocenters. The van der Waals surface area contributed by atoms with E-state index in [0.29, 0.717) is 43.7 Å². The van der Waals surface area contributed by atoms with Gasteiger partial charge in [0.2, 0.25) is 5.91 Å². The molecule has 1 amide bonds. The number of aryl methyl sites for hydroxylation is 1. The zero-order valence-electron chi connectivity index (χ0n) is 16.3. The number of amides is 1. The molecular weight excluding hydrogens is 357 g/mol. The van der Waals surface area contributed by atoms with Crippen molar-refractivity contribution in [3.8, 4) is 5.75 Å². The second-order valence-corrected chi connectivity index (χ2v) is 7.95. The summed E-state index contributed by atoms with van der Waals surface area (Å²) in [5.74, 6) is 0.551. The van der Waals surface area contributed by atoms with Gasteiger partial charge in [-0.15, -0.1) is 0 Å². The first-order valence-corrected chi connectivity index (χ1v) is 9.71. The maximum atomic E-state index is 13.0. The van der Waals surface area contributed by atoms with Gasteiger partial charge in [-0.3, -0.25) is 9.59 Å². The summed E-state index contributed by atoms with van der Waals surface area (Å²) in [7, 11) is 0. The smallest absolute Gasteiger partial charge is 0.226 e. The summed E-state index contributed by atoms with van der Waals surface area (Å²) in [6.45, 7) is 5.13. The van der Waals surface area contributed by atoms with E-state index in [4.69, 9.17) is 4.74 Å². The monoisotopic (exact) mass is 381 g/mol. The molecule has 0 N–H and O–H groups in total. The molecule has 1 spiro atoms. The third kappa shape index (κ3) is 3.41. The zero-order chi connectivity index (χ0) is 19.9. The van der Waals surface area contributed by atoms with Crippen molar-refractivity contribution in [1.82, 2.24) is 4.90 Å². The molecule has 2 heterocycles. The van der Waals surface area contributed by atoms with Crippen LogP contribution in [-0.2, 0) is 11.2 Å². The molecule has 0 radical (unpaired) electrons. The highest BCUT2D eigenvalue weighted by atomic mass is 19.1. The third-order valence-electron chi connectivity index (χ3n) is 6.07. The number of carbonyl (C=O) groups excluding carboxylic acids is 2. The molecule has 28 heavy (non-hydrogen) atoms. The first kappa shape index (κ1) is 18.7. The average molecular weight is 381 g/mol. The highest BCUT2D eigenvalue weighted by Crippen LogP contribution is 2.41. The van der Waals surface area contributed by atoms with Gasteiger partial charge < -0.3 is 9.64 Å². The van der Waals surface area contributed by atoms with Gasteiger partial charge in [0.15, 0.2) is 5.78 Å². The number of ketones is 1. The lowest BCUT2D eigenvalue weighted by atomic mass is 9.81. The maximum absolute atomic E-state index is 13.0. The van der Waals surface area contributed by atoms with Crippen molar-refractivity contribution in [3.05, 3.63) is 64.5 Å². The van der Waals surface area contributed by atoms with Crippen LogP contribution in [0.25, 0.3) is 0 Å². The van der Waals surface area contributed by atoms with Crippen molar-refractivity contribution < 1.29 is 18.7 Å². The van der Waals surface area contributed by atoms with Crippen molar-refractivity contribution in [2.45, 2.75) is 45.1 Å². The fourth-order valence-electron chi connectivity index (χ4n) is 4.11. The van der Waals surface area contributed by atoms with E-state index in [0.717, 1.165) is 16.7 Å². The van der Waals surface area contributed by atoms with Crippen LogP contribution in [0.5, 0.6) is 5.75 Å². The van der Waals surface area contributed by atoms with Crippen LogP contribution >= 0.6 is 0 Å². The number of hydrogen-bond acceptors (Lipinski definition) is 3. The number of ether oxygens (including phenoxy) is 1. The summed E-state index contributed by atoms with van der Waals surface area (Å²) in [6.07, 6.45) is 1.90. The second kappa shape index (κ2) is 7.04. The Morgan fingerprint density at radius 1 is 1.11 bits per heavy atom. The lowest BCUT2D eigenvalue weighted by molar-refractivity contribution is -0.134. The lowest BCUT2D eigenvalue weighted by Gasteiger charge is -2.44. The van der Waals surface area contributed by atoms with Crippen LogP contribution in [0.15, 0.2) is 36.4 Å². The molecule has 2 aromatic carbocycles. The normalized spacial score (nSPS) is 18.0. The van der Waals surface area contributed by atoms with Crippen molar-refractivity contribution in [2.75, 3.05) is 13.1 Å². The minimum Gasteiger partial charge on any atom is -0.486 e. The maximum Gasteiger partial charge on any atom is 0.226 e. The van der Waals surface area contributed by atoms with Crippen LogP contribution in [0.3, 0.4) is 0 Å². The standard InChI is InChI=1S/C23H24FNO3/c1-15-3-8-19-20(26)14-23(28-22(19)16(15)2)9-11-25(12-10-23)21(27)13-17-4-6-18(24)7-5-17/h3-8H,9-14H2,1-2H3. The van der Waals surface area contributed by atoms with Gasteiger partial charge in [0, 0.05) is 25.9 Å². The predicted octanol–water partition coefficient (Wildman–Crippen LogP) is 4.01. The molecule has 0 atom stereocenters. The highest BCUT2D eigenvalue weighted by molar-refractivity contribution is 6.01. The van der Waals surface area contributed by atoms with Crippen LogP contribution < -0.4 is 4.74 Å². The van der Waals surface area contributed by atoms with Crippen LogP contribution in [0.4, 0.5) is 4.39 Å². The number of Topliss-reactive ketones (excluding diaryl/α,β-unsaturated/α-hetero) is 1. The fraction of sp³-hybridized carbons (Fsp3) is 0.391. The Morgan fingerprint density at radius 2 is 1.79 bits per heavy atom. The summed E-state index contributed by atoms with van der Waals surface area (Å²) >= 11 is 0. The minimum absolute atomic E-state index is 0.0241. The Balaban J connectivity index is 1.45. The molecule has 1 saturated heterocycles. The van der Waals surface area contributed by atoms with E-state index < -0.39 is 5.60 Å². The largest absolute Gasteiger partial charge is 0.486 e. The summed E-state index contributed by atoms with van der Waals surface area (Å²) < 4.78 is 19.4. The Kier molecular flexibility index (Phi) is 4.69. The summed E-state index contributed by atoms with van der Waals surface area (Å²) in [5, 5.41) is 0. The molecule has 2 aromatic rings. The van der Waals surface area contributed by atoms with Gasteiger partial charge in [-0.1, -0.05) is 18.2 Å². The highest BCUT2D eigenvalue weighted by Gasteiger charge is 2.44. The SMILES string of the molecule is Cc1ccc2c(c1C)OC1(CCN(C(=O)Cc3ccc(F)cc3)CC1)CC2=O. The number of piperidine rings is 1. The van der Waals surface area contributed by atoms with Crippen LogP contribution in [0.2, 0.25) is 0 Å². The van der Waals surface area contributed by atoms with Crippen molar-refractivity contribution in [3.63, 3.8) is 0 Å². The molecule has 0 bridgehead atoms. The number of likely N-dealkylation sites (tertiary alicyclic amines) is 1. The molecule has 5 heteroatoms. The molecule has 0 aliphatic carbocycles. The number of hydrogen-bond donors (Lipinski definition) is 0. The molecule has 146 valence electrons. The molecule has 2 aliphatic rings. The van der Waals surface area contributed by atoms with E-state index in [-0.39, 0.29) is 23.9 Å². The van der Waals surface area contributed by atoms with Crippen molar-refractivity contribution in [2.24, 2.45) is 0 Å².